The number of pyridine rings is 1. The second kappa shape index (κ2) is 6.52. The Morgan fingerprint density at radius 2 is 2.00 bits per heavy atom. The molecule has 0 fully saturated rings. The number of nitrogens with zero attached hydrogens (tertiary/aromatic N) is 2. The van der Waals surface area contributed by atoms with E-state index in [4.69, 9.17) is 0 Å². The monoisotopic (exact) mass is 345 g/mol. The highest BCUT2D eigenvalue weighted by Crippen LogP contribution is 2.33. The lowest BCUT2D eigenvalue weighted by molar-refractivity contribution is 0.102. The first-order valence-electron chi connectivity index (χ1n) is 8.54. The van der Waals surface area contributed by atoms with Crippen molar-refractivity contribution in [2.75, 3.05) is 16.8 Å². The number of phenolic OH excluding ortho intramolecular Hbond substituents is 1. The van der Waals surface area contributed by atoms with E-state index in [1.54, 1.807) is 30.5 Å². The summed E-state index contributed by atoms with van der Waals surface area (Å²) in [6.07, 6.45) is 2.63. The molecule has 0 atom stereocenters. The number of aromatic hydroxyl groups is 1. The Balaban J connectivity index is 1.59. The van der Waals surface area contributed by atoms with Crippen LogP contribution in [-0.2, 0) is 6.42 Å². The molecule has 0 bridgehead atoms. The number of hydrogen-bond acceptors (Lipinski definition) is 4. The van der Waals surface area contributed by atoms with Gasteiger partial charge in [-0.05, 0) is 60.9 Å². The molecule has 26 heavy (non-hydrogen) atoms. The quantitative estimate of drug-likeness (QED) is 0.703. The molecule has 0 spiro atoms. The summed E-state index contributed by atoms with van der Waals surface area (Å²) in [5, 5.41) is 12.4. The van der Waals surface area contributed by atoms with E-state index < -0.39 is 0 Å². The molecular weight excluding hydrogens is 326 g/mol. The fourth-order valence-corrected chi connectivity index (χ4v) is 3.27. The summed E-state index contributed by atoms with van der Waals surface area (Å²) in [5.74, 6) is 0.749. The van der Waals surface area contributed by atoms with Gasteiger partial charge in [-0.2, -0.15) is 0 Å². The van der Waals surface area contributed by atoms with Crippen LogP contribution in [0.15, 0.2) is 60.8 Å². The number of amides is 1. The molecule has 1 amide bonds. The first kappa shape index (κ1) is 16.1. The number of aromatic nitrogens is 1. The van der Waals surface area contributed by atoms with E-state index in [-0.39, 0.29) is 11.7 Å². The van der Waals surface area contributed by atoms with Gasteiger partial charge in [-0.3, -0.25) is 4.79 Å². The number of phenols is 1. The highest BCUT2D eigenvalue weighted by atomic mass is 16.3. The first-order valence-corrected chi connectivity index (χ1v) is 8.54. The maximum atomic E-state index is 12.6. The number of para-hydroxylation sites is 1. The molecule has 0 saturated carbocycles. The predicted molar refractivity (Wildman–Crippen MR) is 102 cm³/mol. The molecule has 1 aliphatic rings. The summed E-state index contributed by atoms with van der Waals surface area (Å²) in [5.41, 5.74) is 4.47. The van der Waals surface area contributed by atoms with Crippen LogP contribution in [0.2, 0.25) is 0 Å². The minimum atomic E-state index is -0.199. The summed E-state index contributed by atoms with van der Waals surface area (Å²) in [7, 11) is 0. The smallest absolute Gasteiger partial charge is 0.255 e. The van der Waals surface area contributed by atoms with Crippen LogP contribution >= 0.6 is 0 Å². The number of fused-ring (bicyclic) bond motifs is 1. The average molecular weight is 345 g/mol. The van der Waals surface area contributed by atoms with Gasteiger partial charge < -0.3 is 15.3 Å². The number of aryl methyl sites for hydroxylation is 1. The molecule has 0 unspecified atom stereocenters. The molecule has 2 heterocycles. The lowest BCUT2D eigenvalue weighted by atomic mass is 10.1. The fourth-order valence-electron chi connectivity index (χ4n) is 3.27. The summed E-state index contributed by atoms with van der Waals surface area (Å²) >= 11 is 0. The van der Waals surface area contributed by atoms with E-state index in [9.17, 15) is 9.90 Å². The summed E-state index contributed by atoms with van der Waals surface area (Å²) in [4.78, 5) is 19.2. The van der Waals surface area contributed by atoms with Crippen molar-refractivity contribution < 1.29 is 9.90 Å². The summed E-state index contributed by atoms with van der Waals surface area (Å²) < 4.78 is 0. The number of carbonyl (C=O) groups excluding carboxylic acids is 1. The molecule has 0 aliphatic carbocycles. The van der Waals surface area contributed by atoms with Gasteiger partial charge in [0.15, 0.2) is 0 Å². The molecule has 2 aromatic carbocycles. The second-order valence-corrected chi connectivity index (χ2v) is 6.39. The van der Waals surface area contributed by atoms with Crippen molar-refractivity contribution in [1.29, 1.82) is 0 Å². The maximum absolute atomic E-state index is 12.6. The number of rotatable bonds is 3. The molecule has 0 radical (unpaired) electrons. The van der Waals surface area contributed by atoms with Crippen LogP contribution in [0.1, 0.15) is 21.5 Å². The number of anilines is 3. The van der Waals surface area contributed by atoms with E-state index in [1.807, 2.05) is 25.1 Å². The van der Waals surface area contributed by atoms with Crippen LogP contribution in [-0.4, -0.2) is 22.5 Å². The molecule has 130 valence electrons. The van der Waals surface area contributed by atoms with Gasteiger partial charge in [-0.15, -0.1) is 0 Å². The van der Waals surface area contributed by atoms with Crippen molar-refractivity contribution in [2.24, 2.45) is 0 Å². The van der Waals surface area contributed by atoms with E-state index in [1.165, 1.54) is 5.56 Å². The van der Waals surface area contributed by atoms with Crippen LogP contribution < -0.4 is 10.2 Å². The normalized spacial score (nSPS) is 12.7. The van der Waals surface area contributed by atoms with Crippen molar-refractivity contribution in [3.8, 4) is 5.75 Å². The van der Waals surface area contributed by atoms with Gasteiger partial charge in [-0.25, -0.2) is 4.98 Å². The number of benzene rings is 2. The minimum Gasteiger partial charge on any atom is -0.508 e. The van der Waals surface area contributed by atoms with Crippen LogP contribution in [0.3, 0.4) is 0 Å². The van der Waals surface area contributed by atoms with Gasteiger partial charge in [0, 0.05) is 29.7 Å². The van der Waals surface area contributed by atoms with Crippen LogP contribution in [0.5, 0.6) is 5.75 Å². The lowest BCUT2D eigenvalue weighted by Gasteiger charge is -2.19. The minimum absolute atomic E-state index is 0.180. The number of nitrogens with one attached hydrogen (secondary N) is 1. The maximum Gasteiger partial charge on any atom is 0.255 e. The third-order valence-electron chi connectivity index (χ3n) is 4.63. The molecule has 2 N–H and O–H groups in total. The van der Waals surface area contributed by atoms with Gasteiger partial charge in [0.2, 0.25) is 0 Å². The lowest BCUT2D eigenvalue weighted by Crippen LogP contribution is -2.17. The zero-order valence-electron chi connectivity index (χ0n) is 14.4. The fraction of sp³-hybridized carbons (Fsp3) is 0.143. The molecule has 5 nitrogen and oxygen atoms in total. The van der Waals surface area contributed by atoms with Crippen molar-refractivity contribution in [2.45, 2.75) is 13.3 Å². The second-order valence-electron chi connectivity index (χ2n) is 6.39. The zero-order valence-corrected chi connectivity index (χ0v) is 14.4. The van der Waals surface area contributed by atoms with Crippen molar-refractivity contribution in [3.63, 3.8) is 0 Å². The van der Waals surface area contributed by atoms with E-state index in [0.29, 0.717) is 11.3 Å². The Morgan fingerprint density at radius 3 is 2.85 bits per heavy atom. The highest BCUT2D eigenvalue weighted by molar-refractivity contribution is 6.05. The third kappa shape index (κ3) is 2.99. The Hall–Kier alpha value is -3.34. The van der Waals surface area contributed by atoms with Crippen molar-refractivity contribution in [1.82, 2.24) is 4.98 Å². The van der Waals surface area contributed by atoms with Crippen LogP contribution in [0.4, 0.5) is 17.2 Å². The molecule has 1 aromatic heterocycles. The van der Waals surface area contributed by atoms with Gasteiger partial charge in [0.05, 0.1) is 0 Å². The van der Waals surface area contributed by atoms with Gasteiger partial charge >= 0.3 is 0 Å². The molecule has 1 aliphatic heterocycles. The third-order valence-corrected chi connectivity index (χ3v) is 4.63. The molecule has 3 aromatic rings. The van der Waals surface area contributed by atoms with E-state index in [0.717, 1.165) is 30.0 Å². The standard InChI is InChI=1S/C21H19N3O2/c1-14-12-17(25)6-7-18(14)23-21(26)16-8-10-22-20(13-16)24-11-9-15-4-2-3-5-19(15)24/h2-8,10,12-13,25H,9,11H2,1H3,(H,23,26). The predicted octanol–water partition coefficient (Wildman–Crippen LogP) is 4.04. The first-order chi connectivity index (χ1) is 12.6. The number of hydrogen-bond donors (Lipinski definition) is 2. The molecule has 4 rings (SSSR count). The Bertz CT molecular complexity index is 984. The average Bonchev–Trinajstić information content (AvgIpc) is 3.08. The van der Waals surface area contributed by atoms with E-state index in [2.05, 4.69) is 27.3 Å². The molecular formula is C21H19N3O2. The Morgan fingerprint density at radius 1 is 1.15 bits per heavy atom. The van der Waals surface area contributed by atoms with Crippen molar-refractivity contribution >= 4 is 23.1 Å². The SMILES string of the molecule is Cc1cc(O)ccc1NC(=O)c1ccnc(N2CCc3ccccc32)c1. The Kier molecular flexibility index (Phi) is 4.05. The Labute approximate surface area is 151 Å². The van der Waals surface area contributed by atoms with Gasteiger partial charge in [0.25, 0.3) is 5.91 Å². The largest absolute Gasteiger partial charge is 0.508 e. The van der Waals surface area contributed by atoms with Gasteiger partial charge in [-0.1, -0.05) is 18.2 Å². The zero-order chi connectivity index (χ0) is 18.1. The molecule has 0 saturated heterocycles. The van der Waals surface area contributed by atoms with Gasteiger partial charge in [0.1, 0.15) is 11.6 Å². The van der Waals surface area contributed by atoms with Crippen LogP contribution in [0, 0.1) is 6.92 Å². The summed E-state index contributed by atoms with van der Waals surface area (Å²) in [6, 6.07) is 16.7. The highest BCUT2D eigenvalue weighted by Gasteiger charge is 2.21. The van der Waals surface area contributed by atoms with Crippen molar-refractivity contribution in [3.05, 3.63) is 77.5 Å². The molecule has 5 heteroatoms. The van der Waals surface area contributed by atoms with E-state index >= 15 is 0 Å². The topological polar surface area (TPSA) is 65.5 Å². The number of carbonyl (C=O) groups is 1. The van der Waals surface area contributed by atoms with Crippen LogP contribution in [0.25, 0.3) is 0 Å². The summed E-state index contributed by atoms with van der Waals surface area (Å²) in [6.45, 7) is 2.70.